The third-order valence-electron chi connectivity index (χ3n) is 12.5. The monoisotopic (exact) mass is 1040 g/mol. The maximum Gasteiger partial charge on any atom is 0.326 e. The molecular formula is C53H92N12O9. The van der Waals surface area contributed by atoms with Gasteiger partial charge in [0.15, 0.2) is 0 Å². The molecule has 0 spiro atoms. The van der Waals surface area contributed by atoms with Crippen LogP contribution < -0.4 is 60.2 Å². The van der Waals surface area contributed by atoms with Crippen LogP contribution >= 0.6 is 0 Å². The van der Waals surface area contributed by atoms with E-state index < -0.39 is 95.7 Å². The molecular weight excluding hydrogens is 949 g/mol. The molecule has 1 aromatic heterocycles. The van der Waals surface area contributed by atoms with Gasteiger partial charge < -0.3 is 70.2 Å². The van der Waals surface area contributed by atoms with Gasteiger partial charge in [-0.3, -0.25) is 33.6 Å². The van der Waals surface area contributed by atoms with Crippen LogP contribution in [0.15, 0.2) is 30.5 Å². The number of aromatic amines is 1. The third-order valence-corrected chi connectivity index (χ3v) is 12.5. The average Bonchev–Trinajstić information content (AvgIpc) is 3.73. The van der Waals surface area contributed by atoms with Gasteiger partial charge in [0.05, 0.1) is 6.04 Å². The van der Waals surface area contributed by atoms with Crippen LogP contribution in [0.2, 0.25) is 0 Å². The fourth-order valence-corrected chi connectivity index (χ4v) is 8.64. The van der Waals surface area contributed by atoms with E-state index in [-0.39, 0.29) is 68.6 Å². The Hall–Kier alpha value is -5.64. The normalized spacial score (nSPS) is 14.9. The molecule has 74 heavy (non-hydrogen) atoms. The first-order valence-corrected chi connectivity index (χ1v) is 26.8. The summed E-state index contributed by atoms with van der Waals surface area (Å²) < 4.78 is 0. The molecule has 8 atom stereocenters. The molecule has 0 bridgehead atoms. The van der Waals surface area contributed by atoms with Gasteiger partial charge in [-0.1, -0.05) is 73.6 Å². The number of unbranched alkanes of at least 4 members (excludes halogenated alkanes) is 3. The van der Waals surface area contributed by atoms with E-state index in [1.807, 2.05) is 79.7 Å². The van der Waals surface area contributed by atoms with Crippen LogP contribution in [0.25, 0.3) is 10.9 Å². The van der Waals surface area contributed by atoms with E-state index in [0.717, 1.165) is 10.9 Å². The number of H-pyrrole nitrogens is 1. The third kappa shape index (κ3) is 23.7. The van der Waals surface area contributed by atoms with Gasteiger partial charge in [-0.15, -0.1) is 0 Å². The smallest absolute Gasteiger partial charge is 0.326 e. The summed E-state index contributed by atoms with van der Waals surface area (Å²) in [6, 6.07) is -1.60. The maximum atomic E-state index is 14.7. The Balaban J connectivity index is 2.55. The summed E-state index contributed by atoms with van der Waals surface area (Å²) in [7, 11) is 0. The summed E-state index contributed by atoms with van der Waals surface area (Å²) in [4.78, 5) is 114. The number of aromatic nitrogens is 1. The van der Waals surface area contributed by atoms with Crippen molar-refractivity contribution >= 4 is 58.2 Å². The Bertz CT molecular complexity index is 2080. The molecule has 0 saturated heterocycles. The van der Waals surface area contributed by atoms with Gasteiger partial charge >= 0.3 is 5.97 Å². The van der Waals surface area contributed by atoms with Crippen molar-refractivity contribution in [2.24, 2.45) is 46.6 Å². The predicted molar refractivity (Wildman–Crippen MR) is 288 cm³/mol. The number of fused-ring (bicyclic) bond motifs is 1. The molecule has 0 aliphatic heterocycles. The van der Waals surface area contributed by atoms with Gasteiger partial charge in [-0.05, 0) is 138 Å². The van der Waals surface area contributed by atoms with Crippen molar-refractivity contribution in [2.45, 2.75) is 194 Å². The number of amides is 7. The van der Waals surface area contributed by atoms with Crippen LogP contribution in [0, 0.1) is 23.7 Å². The lowest BCUT2D eigenvalue weighted by molar-refractivity contribution is -0.143. The molecule has 0 unspecified atom stereocenters. The molecule has 1 aromatic carbocycles. The molecule has 2 aromatic rings. The van der Waals surface area contributed by atoms with Crippen molar-refractivity contribution in [1.29, 1.82) is 0 Å². The quantitative estimate of drug-likeness (QED) is 0.0432. The Labute approximate surface area is 438 Å². The van der Waals surface area contributed by atoms with Crippen LogP contribution in [0.5, 0.6) is 0 Å². The minimum absolute atomic E-state index is 0.0180. The fourth-order valence-electron chi connectivity index (χ4n) is 8.64. The number of benzene rings is 1. The zero-order chi connectivity index (χ0) is 55.5. The maximum absolute atomic E-state index is 14.7. The van der Waals surface area contributed by atoms with Gasteiger partial charge in [0.1, 0.15) is 42.3 Å². The topological polar surface area (TPSA) is 361 Å². The molecule has 7 amide bonds. The molecule has 0 aliphatic rings. The number of carboxylic acids is 1. The lowest BCUT2D eigenvalue weighted by Gasteiger charge is -2.29. The fraction of sp³-hybridized carbons (Fsp3) is 0.698. The molecule has 0 saturated carbocycles. The van der Waals surface area contributed by atoms with Crippen molar-refractivity contribution < 1.29 is 43.5 Å². The second kappa shape index (κ2) is 34.0. The highest BCUT2D eigenvalue weighted by atomic mass is 16.4. The number of rotatable bonds is 37. The lowest BCUT2D eigenvalue weighted by Crippen LogP contribution is -2.60. The first-order valence-electron chi connectivity index (χ1n) is 26.8. The molecule has 0 fully saturated rings. The van der Waals surface area contributed by atoms with Crippen LogP contribution in [0.1, 0.15) is 144 Å². The van der Waals surface area contributed by atoms with E-state index in [9.17, 15) is 43.5 Å². The Morgan fingerprint density at radius 1 is 0.459 bits per heavy atom. The summed E-state index contributed by atoms with van der Waals surface area (Å²) in [6.07, 6.45) is 6.03. The number of aliphatic carboxylic acids is 1. The minimum Gasteiger partial charge on any atom is -0.480 e. The van der Waals surface area contributed by atoms with Crippen molar-refractivity contribution in [1.82, 2.24) is 42.2 Å². The molecule has 0 aliphatic carbocycles. The van der Waals surface area contributed by atoms with Crippen molar-refractivity contribution in [2.75, 3.05) is 19.6 Å². The van der Waals surface area contributed by atoms with Gasteiger partial charge in [-0.25, -0.2) is 4.79 Å². The highest BCUT2D eigenvalue weighted by Gasteiger charge is 2.35. The van der Waals surface area contributed by atoms with Gasteiger partial charge in [0.25, 0.3) is 0 Å². The highest BCUT2D eigenvalue weighted by molar-refractivity contribution is 5.98. The van der Waals surface area contributed by atoms with Gasteiger partial charge in [0, 0.05) is 23.5 Å². The summed E-state index contributed by atoms with van der Waals surface area (Å²) in [5, 5.41) is 30.1. The molecule has 21 heteroatoms. The Kier molecular flexibility index (Phi) is 29.7. The second-order valence-electron chi connectivity index (χ2n) is 21.3. The van der Waals surface area contributed by atoms with E-state index in [1.165, 1.54) is 0 Å². The van der Waals surface area contributed by atoms with Crippen LogP contribution in [-0.4, -0.2) is 125 Å². The van der Waals surface area contributed by atoms with Gasteiger partial charge in [-0.2, -0.15) is 0 Å². The zero-order valence-corrected chi connectivity index (χ0v) is 45.4. The Morgan fingerprint density at radius 3 is 1.20 bits per heavy atom. The number of carboxylic acid groups (broad SMARTS) is 1. The van der Waals surface area contributed by atoms with Gasteiger partial charge in [0.2, 0.25) is 41.4 Å². The molecule has 1 heterocycles. The number of para-hydroxylation sites is 1. The standard InChI is InChI=1S/C53H92N12O9/c1-31(2)25-37(57)46(66)62-42(26-32(3)4)50(70)61-40(20-12-15-23-55)48(68)64-44(29-35-30-58-38-18-10-9-17-36(35)38)52(72)63-43(27-33(5)6)51(71)60-39(19-11-14-22-54)47(67)59-41(21-13-16-24-56)49(69)65-45(53(73)74)28-34(7)8/h9-10,17-18,30-34,37,39-45,58H,11-16,19-29,54-57H2,1-8H3,(H,59,67)(H,60,71)(H,61,70)(H,62,66)(H,63,72)(H,64,68)(H,65,69)(H,73,74)/t37-,39-,40-,41-,42-,43-,44-,45-/m0/s1. The van der Waals surface area contributed by atoms with Crippen LogP contribution in [0.4, 0.5) is 0 Å². The molecule has 418 valence electrons. The largest absolute Gasteiger partial charge is 0.480 e. The molecule has 21 nitrogen and oxygen atoms in total. The molecule has 17 N–H and O–H groups in total. The van der Waals surface area contributed by atoms with Crippen molar-refractivity contribution in [3.63, 3.8) is 0 Å². The van der Waals surface area contributed by atoms with E-state index in [4.69, 9.17) is 22.9 Å². The lowest BCUT2D eigenvalue weighted by atomic mass is 9.99. The minimum atomic E-state index is -1.29. The number of carbonyl (C=O) groups is 8. The number of hydrogen-bond donors (Lipinski definition) is 13. The van der Waals surface area contributed by atoms with Crippen LogP contribution in [-0.2, 0) is 44.8 Å². The number of carbonyl (C=O) groups excluding carboxylic acids is 7. The zero-order valence-electron chi connectivity index (χ0n) is 45.4. The van der Waals surface area contributed by atoms with Crippen molar-refractivity contribution in [3.05, 3.63) is 36.0 Å². The summed E-state index contributed by atoms with van der Waals surface area (Å²) in [6.45, 7) is 16.0. The summed E-state index contributed by atoms with van der Waals surface area (Å²) in [5.74, 6) is -5.82. The molecule has 0 radical (unpaired) electrons. The number of nitrogens with one attached hydrogen (secondary N) is 8. The number of nitrogens with two attached hydrogens (primary N) is 4. The second-order valence-corrected chi connectivity index (χ2v) is 21.3. The highest BCUT2D eigenvalue weighted by Crippen LogP contribution is 2.20. The summed E-state index contributed by atoms with van der Waals surface area (Å²) >= 11 is 0. The summed E-state index contributed by atoms with van der Waals surface area (Å²) in [5.41, 5.74) is 25.0. The van der Waals surface area contributed by atoms with Crippen molar-refractivity contribution in [3.8, 4) is 0 Å². The van der Waals surface area contributed by atoms with E-state index >= 15 is 0 Å². The Morgan fingerprint density at radius 2 is 0.797 bits per heavy atom. The predicted octanol–water partition coefficient (Wildman–Crippen LogP) is 2.09. The molecule has 2 rings (SSSR count). The van der Waals surface area contributed by atoms with E-state index in [2.05, 4.69) is 42.2 Å². The average molecular weight is 1040 g/mol. The first kappa shape index (κ1) is 64.5. The van der Waals surface area contributed by atoms with E-state index in [1.54, 1.807) is 6.20 Å². The first-order chi connectivity index (χ1) is 35.0. The number of hydrogen-bond acceptors (Lipinski definition) is 12. The SMILES string of the molecule is CC(C)C[C@H](NC(=O)[C@H](CCCCN)NC(=O)[C@H](CCCCN)NC(=O)[C@H](CC(C)C)NC(=O)[C@H](Cc1c[nH]c2ccccc12)NC(=O)[C@H](CCCCN)NC(=O)[C@H](CC(C)C)NC(=O)[C@@H](N)CC(C)C)C(=O)O. The van der Waals surface area contributed by atoms with Crippen LogP contribution in [0.3, 0.4) is 0 Å². The van der Waals surface area contributed by atoms with E-state index in [0.29, 0.717) is 70.1 Å².